The van der Waals surface area contributed by atoms with E-state index in [-0.39, 0.29) is 24.4 Å². The van der Waals surface area contributed by atoms with E-state index in [0.29, 0.717) is 5.56 Å². The summed E-state index contributed by atoms with van der Waals surface area (Å²) in [6.07, 6.45) is 5.03. The first-order valence-corrected chi connectivity index (χ1v) is 9.72. The van der Waals surface area contributed by atoms with Crippen LogP contribution in [-0.2, 0) is 4.79 Å². The van der Waals surface area contributed by atoms with Gasteiger partial charge in [-0.2, -0.15) is 0 Å². The number of nitrogens with one attached hydrogen (secondary N) is 1. The monoisotopic (exact) mass is 389 g/mol. The Labute approximate surface area is 168 Å². The van der Waals surface area contributed by atoms with E-state index >= 15 is 0 Å². The molecule has 29 heavy (non-hydrogen) atoms. The molecule has 7 heteroatoms. The summed E-state index contributed by atoms with van der Waals surface area (Å²) in [5.74, 6) is -0.430. The number of hydrogen-bond donors (Lipinski definition) is 2. The van der Waals surface area contributed by atoms with Crippen molar-refractivity contribution in [1.82, 2.24) is 20.2 Å². The topological polar surface area (TPSA) is 101 Å². The predicted molar refractivity (Wildman–Crippen MR) is 111 cm³/mol. The fourth-order valence-electron chi connectivity index (χ4n) is 3.74. The molecule has 0 unspecified atom stereocenters. The molecule has 3 heterocycles. The number of carbonyl (C=O) groups excluding carboxylic acids is 2. The van der Waals surface area contributed by atoms with Crippen molar-refractivity contribution in [3.8, 4) is 11.3 Å². The molecule has 0 atom stereocenters. The number of aromatic nitrogens is 2. The summed E-state index contributed by atoms with van der Waals surface area (Å²) in [5.41, 5.74) is 8.24. The van der Waals surface area contributed by atoms with Gasteiger partial charge in [-0.25, -0.2) is 4.98 Å². The average Bonchev–Trinajstić information content (AvgIpc) is 2.74. The van der Waals surface area contributed by atoms with Crippen molar-refractivity contribution >= 4 is 22.7 Å². The SMILES string of the molecule is NC(=O)CN1CCC(NC(=O)c2cc(-c3cccnc3)nc3ccccc23)CC1. The Balaban J connectivity index is 1.57. The molecular formula is C22H23N5O2. The van der Waals surface area contributed by atoms with Crippen LogP contribution in [0.2, 0.25) is 0 Å². The zero-order valence-electron chi connectivity index (χ0n) is 16.0. The number of pyridine rings is 2. The van der Waals surface area contributed by atoms with Gasteiger partial charge in [0.1, 0.15) is 0 Å². The van der Waals surface area contributed by atoms with Crippen molar-refractivity contribution in [3.63, 3.8) is 0 Å². The van der Waals surface area contributed by atoms with Crippen molar-refractivity contribution in [2.75, 3.05) is 19.6 Å². The van der Waals surface area contributed by atoms with Gasteiger partial charge in [0.15, 0.2) is 0 Å². The fourth-order valence-corrected chi connectivity index (χ4v) is 3.74. The summed E-state index contributed by atoms with van der Waals surface area (Å²) in [6, 6.07) is 13.3. The Morgan fingerprint density at radius 3 is 2.66 bits per heavy atom. The third kappa shape index (κ3) is 4.41. The number of nitrogens with two attached hydrogens (primary N) is 1. The quantitative estimate of drug-likeness (QED) is 0.695. The molecule has 0 aliphatic carbocycles. The molecule has 0 bridgehead atoms. The minimum absolute atomic E-state index is 0.0698. The molecule has 2 amide bonds. The summed E-state index contributed by atoms with van der Waals surface area (Å²) < 4.78 is 0. The van der Waals surface area contributed by atoms with Gasteiger partial charge < -0.3 is 11.1 Å². The number of para-hydroxylation sites is 1. The lowest BCUT2D eigenvalue weighted by Gasteiger charge is -2.31. The van der Waals surface area contributed by atoms with Crippen LogP contribution >= 0.6 is 0 Å². The van der Waals surface area contributed by atoms with E-state index in [4.69, 9.17) is 10.7 Å². The van der Waals surface area contributed by atoms with E-state index in [9.17, 15) is 9.59 Å². The second kappa shape index (κ2) is 8.36. The molecule has 0 spiro atoms. The van der Waals surface area contributed by atoms with Gasteiger partial charge in [0.25, 0.3) is 5.91 Å². The van der Waals surface area contributed by atoms with Gasteiger partial charge in [-0.15, -0.1) is 0 Å². The Kier molecular flexibility index (Phi) is 5.48. The lowest BCUT2D eigenvalue weighted by Crippen LogP contribution is -2.46. The minimum atomic E-state index is -0.321. The molecule has 1 aliphatic heterocycles. The minimum Gasteiger partial charge on any atom is -0.369 e. The van der Waals surface area contributed by atoms with Crippen molar-refractivity contribution in [2.45, 2.75) is 18.9 Å². The van der Waals surface area contributed by atoms with Crippen LogP contribution in [0.1, 0.15) is 23.2 Å². The van der Waals surface area contributed by atoms with Crippen LogP contribution in [0.4, 0.5) is 0 Å². The number of primary amides is 1. The zero-order valence-corrected chi connectivity index (χ0v) is 16.0. The standard InChI is InChI=1S/C22H23N5O2/c23-21(28)14-27-10-7-16(8-11-27)25-22(29)18-12-20(15-4-3-9-24-13-15)26-19-6-2-1-5-17(18)19/h1-6,9,12-13,16H,7-8,10-11,14H2,(H2,23,28)(H,25,29). The van der Waals surface area contributed by atoms with E-state index in [2.05, 4.69) is 10.3 Å². The van der Waals surface area contributed by atoms with Crippen LogP contribution in [0.5, 0.6) is 0 Å². The number of likely N-dealkylation sites (tertiary alicyclic amines) is 1. The van der Waals surface area contributed by atoms with E-state index in [1.54, 1.807) is 12.4 Å². The number of fused-ring (bicyclic) bond motifs is 1. The largest absolute Gasteiger partial charge is 0.369 e. The smallest absolute Gasteiger partial charge is 0.252 e. The maximum absolute atomic E-state index is 13.1. The van der Waals surface area contributed by atoms with Crippen LogP contribution < -0.4 is 11.1 Å². The van der Waals surface area contributed by atoms with Gasteiger partial charge in [-0.3, -0.25) is 19.5 Å². The fraction of sp³-hybridized carbons (Fsp3) is 0.273. The van der Waals surface area contributed by atoms with Gasteiger partial charge in [0, 0.05) is 42.5 Å². The van der Waals surface area contributed by atoms with E-state index < -0.39 is 0 Å². The first-order valence-electron chi connectivity index (χ1n) is 9.72. The molecular weight excluding hydrogens is 366 g/mol. The number of benzene rings is 1. The van der Waals surface area contributed by atoms with Crippen LogP contribution in [0.25, 0.3) is 22.2 Å². The lowest BCUT2D eigenvalue weighted by molar-refractivity contribution is -0.119. The average molecular weight is 389 g/mol. The molecule has 3 N–H and O–H groups in total. The summed E-state index contributed by atoms with van der Waals surface area (Å²) in [4.78, 5) is 35.1. The van der Waals surface area contributed by atoms with Gasteiger partial charge >= 0.3 is 0 Å². The molecule has 2 aromatic heterocycles. The second-order valence-electron chi connectivity index (χ2n) is 7.30. The molecule has 1 saturated heterocycles. The van der Waals surface area contributed by atoms with Crippen LogP contribution in [-0.4, -0.2) is 52.4 Å². The summed E-state index contributed by atoms with van der Waals surface area (Å²) in [5, 5.41) is 3.98. The molecule has 0 saturated carbocycles. The van der Waals surface area contributed by atoms with Gasteiger partial charge in [0.05, 0.1) is 23.3 Å². The van der Waals surface area contributed by atoms with Crippen LogP contribution in [0, 0.1) is 0 Å². The number of amides is 2. The van der Waals surface area contributed by atoms with Crippen LogP contribution in [0.3, 0.4) is 0 Å². The molecule has 148 valence electrons. The third-order valence-electron chi connectivity index (χ3n) is 5.22. The highest BCUT2D eigenvalue weighted by molar-refractivity contribution is 6.07. The first kappa shape index (κ1) is 19.0. The summed E-state index contributed by atoms with van der Waals surface area (Å²) in [7, 11) is 0. The molecule has 3 aromatic rings. The zero-order chi connectivity index (χ0) is 20.2. The van der Waals surface area contributed by atoms with Crippen molar-refractivity contribution in [2.24, 2.45) is 5.73 Å². The highest BCUT2D eigenvalue weighted by Crippen LogP contribution is 2.24. The summed E-state index contributed by atoms with van der Waals surface area (Å²) >= 11 is 0. The molecule has 1 fully saturated rings. The highest BCUT2D eigenvalue weighted by Gasteiger charge is 2.23. The predicted octanol–water partition coefficient (Wildman–Crippen LogP) is 1.98. The van der Waals surface area contributed by atoms with Crippen molar-refractivity contribution in [3.05, 3.63) is 60.4 Å². The van der Waals surface area contributed by atoms with E-state index in [0.717, 1.165) is 48.1 Å². The number of carbonyl (C=O) groups is 2. The second-order valence-corrected chi connectivity index (χ2v) is 7.30. The number of nitrogens with zero attached hydrogens (tertiary/aromatic N) is 3. The maximum Gasteiger partial charge on any atom is 0.252 e. The molecule has 7 nitrogen and oxygen atoms in total. The Bertz CT molecular complexity index is 1030. The maximum atomic E-state index is 13.1. The summed E-state index contributed by atoms with van der Waals surface area (Å²) in [6.45, 7) is 1.75. The normalized spacial score (nSPS) is 15.3. The van der Waals surface area contributed by atoms with Gasteiger partial charge in [-0.1, -0.05) is 18.2 Å². The number of piperidine rings is 1. The number of hydrogen-bond acceptors (Lipinski definition) is 5. The lowest BCUT2D eigenvalue weighted by atomic mass is 10.0. The van der Waals surface area contributed by atoms with E-state index in [1.807, 2.05) is 47.4 Å². The van der Waals surface area contributed by atoms with Gasteiger partial charge in [-0.05, 0) is 37.1 Å². The molecule has 4 rings (SSSR count). The van der Waals surface area contributed by atoms with Crippen LogP contribution in [0.15, 0.2) is 54.9 Å². The van der Waals surface area contributed by atoms with Crippen molar-refractivity contribution < 1.29 is 9.59 Å². The number of rotatable bonds is 5. The van der Waals surface area contributed by atoms with E-state index in [1.165, 1.54) is 0 Å². The Morgan fingerprint density at radius 2 is 1.93 bits per heavy atom. The Hall–Kier alpha value is -3.32. The first-order chi connectivity index (χ1) is 14.1. The van der Waals surface area contributed by atoms with Crippen molar-refractivity contribution in [1.29, 1.82) is 0 Å². The molecule has 1 aromatic carbocycles. The Morgan fingerprint density at radius 1 is 1.14 bits per heavy atom. The third-order valence-corrected chi connectivity index (χ3v) is 5.22. The highest BCUT2D eigenvalue weighted by atomic mass is 16.2. The van der Waals surface area contributed by atoms with Gasteiger partial charge in [0.2, 0.25) is 5.91 Å². The molecule has 1 aliphatic rings. The molecule has 0 radical (unpaired) electrons.